The van der Waals surface area contributed by atoms with Crippen molar-refractivity contribution in [2.45, 2.75) is 167 Å². The Kier molecular flexibility index (Phi) is 29.9. The first-order valence-electron chi connectivity index (χ1n) is 25.3. The maximum Gasteiger partial charge on any atom is 0.326 e. The van der Waals surface area contributed by atoms with Crippen molar-refractivity contribution in [3.8, 4) is 5.75 Å². The van der Waals surface area contributed by atoms with Gasteiger partial charge in [0.15, 0.2) is 5.96 Å². The van der Waals surface area contributed by atoms with Crippen LogP contribution in [0.2, 0.25) is 0 Å². The number of aromatic hydroxyl groups is 1. The van der Waals surface area contributed by atoms with E-state index >= 15 is 0 Å². The molecule has 9 atom stereocenters. The first-order chi connectivity index (χ1) is 35.9. The molecule has 432 valence electrons. The van der Waals surface area contributed by atoms with Crippen LogP contribution in [0.5, 0.6) is 5.75 Å². The van der Waals surface area contributed by atoms with Gasteiger partial charge in [0.2, 0.25) is 53.2 Å². The van der Waals surface area contributed by atoms with Crippen LogP contribution in [0.15, 0.2) is 29.3 Å². The predicted octanol–water partition coefficient (Wildman–Crippen LogP) is -3.44. The number of aliphatic imine (C=N–C) groups is 1. The molecule has 28 heteroatoms. The van der Waals surface area contributed by atoms with Crippen LogP contribution >= 0.6 is 0 Å². The summed E-state index contributed by atoms with van der Waals surface area (Å²) in [6, 6.07) is -7.39. The van der Waals surface area contributed by atoms with Crippen molar-refractivity contribution < 1.29 is 73.2 Å². The van der Waals surface area contributed by atoms with Gasteiger partial charge in [0.1, 0.15) is 54.1 Å². The third-order valence-corrected chi connectivity index (χ3v) is 11.4. The maximum absolute atomic E-state index is 14.1. The van der Waals surface area contributed by atoms with Gasteiger partial charge in [-0.25, -0.2) is 4.79 Å². The number of carboxylic acid groups (broad SMARTS) is 2. The number of aliphatic hydroxyl groups excluding tert-OH is 1. The molecule has 1 aromatic carbocycles. The number of nitrogens with zero attached hydrogens (tertiary/aromatic N) is 1. The lowest BCUT2D eigenvalue weighted by atomic mass is 9.99. The number of aliphatic carboxylic acids is 2. The SMILES string of the molecule is CC(C)C[C@H](NC(=O)[C@H](CCCN=C(N)N)NC(=O)[C@H](CO)NC(=O)[C@H](CC(C)C)NC(=O)[C@H](CC(C)C)NC(=O)[C@H](CCC(N)=O)NC(=O)[C@H](CCC(=O)O)NC(=O)[C@H](Cc1ccc(O)cc1)NC(=O)[C@H](C)N)C(=O)O. The first kappa shape index (κ1) is 67.4. The number of hydrogen-bond acceptors (Lipinski definition) is 15. The van der Waals surface area contributed by atoms with Crippen LogP contribution in [0.1, 0.15) is 112 Å². The molecule has 0 aliphatic carbocycles. The van der Waals surface area contributed by atoms with E-state index in [1.807, 2.05) is 0 Å². The molecule has 0 aromatic heterocycles. The number of benzene rings is 1. The lowest BCUT2D eigenvalue weighted by molar-refractivity contribution is -0.143. The minimum atomic E-state index is -1.71. The second kappa shape index (κ2) is 34.1. The Balaban J connectivity index is 3.50. The van der Waals surface area contributed by atoms with Crippen LogP contribution in [-0.2, 0) is 59.2 Å². The van der Waals surface area contributed by atoms with E-state index in [-0.39, 0.29) is 74.5 Å². The molecule has 0 spiro atoms. The number of carbonyl (C=O) groups excluding carboxylic acids is 9. The number of nitrogens with two attached hydrogens (primary N) is 4. The van der Waals surface area contributed by atoms with E-state index in [0.29, 0.717) is 5.56 Å². The highest BCUT2D eigenvalue weighted by atomic mass is 16.4. The number of aliphatic hydroxyl groups is 1. The normalized spacial score (nSPS) is 14.6. The number of amides is 9. The van der Waals surface area contributed by atoms with Crippen LogP contribution in [0.25, 0.3) is 0 Å². The first-order valence-corrected chi connectivity index (χ1v) is 25.3. The highest BCUT2D eigenvalue weighted by Crippen LogP contribution is 2.14. The fourth-order valence-corrected chi connectivity index (χ4v) is 7.44. The Morgan fingerprint density at radius 1 is 0.494 bits per heavy atom. The van der Waals surface area contributed by atoms with Gasteiger partial charge < -0.3 is 85.9 Å². The Morgan fingerprint density at radius 2 is 0.857 bits per heavy atom. The Bertz CT molecular complexity index is 2200. The molecule has 0 saturated carbocycles. The van der Waals surface area contributed by atoms with Crippen LogP contribution in [0, 0.1) is 17.8 Å². The van der Waals surface area contributed by atoms with E-state index in [9.17, 15) is 73.2 Å². The third kappa shape index (κ3) is 27.1. The molecule has 20 N–H and O–H groups in total. The monoisotopic (exact) mass is 1090 g/mol. The molecule has 1 aromatic rings. The summed E-state index contributed by atoms with van der Waals surface area (Å²) in [6.45, 7) is 10.8. The maximum atomic E-state index is 14.1. The van der Waals surface area contributed by atoms with Crippen LogP contribution < -0.4 is 65.5 Å². The van der Waals surface area contributed by atoms with Gasteiger partial charge in [-0.05, 0) is 87.3 Å². The summed E-state index contributed by atoms with van der Waals surface area (Å²) in [5.41, 5.74) is 22.4. The number of hydrogen-bond donors (Lipinski definition) is 16. The zero-order chi connectivity index (χ0) is 58.7. The van der Waals surface area contributed by atoms with Crippen LogP contribution in [-0.4, -0.2) is 159 Å². The summed E-state index contributed by atoms with van der Waals surface area (Å²) >= 11 is 0. The van der Waals surface area contributed by atoms with Crippen LogP contribution in [0.4, 0.5) is 0 Å². The molecule has 0 fully saturated rings. The van der Waals surface area contributed by atoms with E-state index in [2.05, 4.69) is 47.5 Å². The number of phenols is 1. The lowest BCUT2D eigenvalue weighted by Gasteiger charge is -2.29. The van der Waals surface area contributed by atoms with Crippen molar-refractivity contribution in [1.29, 1.82) is 0 Å². The van der Waals surface area contributed by atoms with Crippen LogP contribution in [0.3, 0.4) is 0 Å². The second-order valence-electron chi connectivity index (χ2n) is 19.9. The molecule has 0 aliphatic rings. The fourth-order valence-electron chi connectivity index (χ4n) is 7.44. The summed E-state index contributed by atoms with van der Waals surface area (Å²) in [7, 11) is 0. The number of primary amides is 1. The Hall–Kier alpha value is -7.62. The number of nitrogens with one attached hydrogen (secondary N) is 8. The largest absolute Gasteiger partial charge is 0.508 e. The van der Waals surface area contributed by atoms with Gasteiger partial charge in [0.05, 0.1) is 12.6 Å². The molecule has 0 heterocycles. The Labute approximate surface area is 447 Å². The molecule has 0 saturated heterocycles. The standard InChI is InChI=1S/C49H81N13O15/c1-24(2)19-33(44(72)60-34(20-25(3)4)45(73)62-37(23-63)47(75)55-30(9-8-18-54-49(52)53)41(69)61-36(48(76)77)21-26(5)6)59-43(71)31(14-16-38(51)65)56-42(70)32(15-17-39(66)67)57-46(74)35(58-40(68)27(7)50)22-28-10-12-29(64)13-11-28/h10-13,24-27,30-37,63-64H,8-9,14-23,50H2,1-7H3,(H2,51,65)(H,55,75)(H,56,70)(H,57,74)(H,58,68)(H,59,71)(H,60,72)(H,61,69)(H,62,73)(H,66,67)(H,76,77)(H4,52,53,54)/t27-,30-,31-,32-,33-,34-,35-,36-,37-/m0/s1. The van der Waals surface area contributed by atoms with Crippen molar-refractivity contribution in [2.24, 2.45) is 45.7 Å². The highest BCUT2D eigenvalue weighted by molar-refractivity contribution is 5.98. The number of carbonyl (C=O) groups is 11. The van der Waals surface area contributed by atoms with Crippen molar-refractivity contribution >= 4 is 71.1 Å². The van der Waals surface area contributed by atoms with Crippen molar-refractivity contribution in [2.75, 3.05) is 13.2 Å². The molecule has 0 radical (unpaired) electrons. The summed E-state index contributed by atoms with van der Waals surface area (Å²) in [5.74, 6) is -12.2. The topological polar surface area (TPSA) is 481 Å². The van der Waals surface area contributed by atoms with Crippen molar-refractivity contribution in [3.63, 3.8) is 0 Å². The van der Waals surface area contributed by atoms with E-state index in [0.717, 1.165) is 0 Å². The smallest absolute Gasteiger partial charge is 0.326 e. The van der Waals surface area contributed by atoms with E-state index in [1.54, 1.807) is 41.5 Å². The average Bonchev–Trinajstić information content (AvgIpc) is 3.32. The Morgan fingerprint density at radius 3 is 1.26 bits per heavy atom. The molecule has 0 bridgehead atoms. The average molecular weight is 1090 g/mol. The lowest BCUT2D eigenvalue weighted by Crippen LogP contribution is -2.61. The van der Waals surface area contributed by atoms with Crippen molar-refractivity contribution in [3.05, 3.63) is 29.8 Å². The minimum Gasteiger partial charge on any atom is -0.508 e. The second-order valence-corrected chi connectivity index (χ2v) is 19.9. The van der Waals surface area contributed by atoms with Gasteiger partial charge in [-0.3, -0.25) is 52.9 Å². The number of guanidine groups is 1. The van der Waals surface area contributed by atoms with Gasteiger partial charge in [0.25, 0.3) is 0 Å². The van der Waals surface area contributed by atoms with Gasteiger partial charge in [-0.2, -0.15) is 0 Å². The molecule has 0 aliphatic heterocycles. The molecule has 0 unspecified atom stereocenters. The molecular formula is C49H81N13O15. The van der Waals surface area contributed by atoms with Gasteiger partial charge in [-0.1, -0.05) is 53.7 Å². The molecule has 1 rings (SSSR count). The number of phenolic OH excluding ortho intramolecular Hbond substituents is 1. The van der Waals surface area contributed by atoms with Gasteiger partial charge in [0, 0.05) is 25.8 Å². The number of rotatable bonds is 36. The zero-order valence-electron chi connectivity index (χ0n) is 44.8. The molecular weight excluding hydrogens is 1010 g/mol. The molecule has 28 nitrogen and oxygen atoms in total. The summed E-state index contributed by atoms with van der Waals surface area (Å²) in [6.07, 6.45) is -2.30. The number of carboxylic acids is 2. The predicted molar refractivity (Wildman–Crippen MR) is 279 cm³/mol. The van der Waals surface area contributed by atoms with Gasteiger partial charge in [-0.15, -0.1) is 0 Å². The van der Waals surface area contributed by atoms with Crippen molar-refractivity contribution in [1.82, 2.24) is 42.5 Å². The fraction of sp³-hybridized carbons (Fsp3) is 0.633. The summed E-state index contributed by atoms with van der Waals surface area (Å²) in [4.78, 5) is 149. The highest BCUT2D eigenvalue weighted by Gasteiger charge is 2.36. The van der Waals surface area contributed by atoms with E-state index in [1.165, 1.54) is 31.2 Å². The molecule has 9 amide bonds. The van der Waals surface area contributed by atoms with E-state index in [4.69, 9.17) is 22.9 Å². The quantitative estimate of drug-likeness (QED) is 0.0177. The molecule has 77 heavy (non-hydrogen) atoms. The van der Waals surface area contributed by atoms with E-state index < -0.39 is 152 Å². The minimum absolute atomic E-state index is 0.0341. The van der Waals surface area contributed by atoms with Gasteiger partial charge >= 0.3 is 11.9 Å². The summed E-state index contributed by atoms with van der Waals surface area (Å²) in [5, 5.41) is 59.0. The zero-order valence-corrected chi connectivity index (χ0v) is 44.8. The third-order valence-electron chi connectivity index (χ3n) is 11.4. The summed E-state index contributed by atoms with van der Waals surface area (Å²) < 4.78 is 0.